The summed E-state index contributed by atoms with van der Waals surface area (Å²) in [7, 11) is -0.351. The van der Waals surface area contributed by atoms with E-state index in [9.17, 15) is 0 Å². The van der Waals surface area contributed by atoms with Gasteiger partial charge in [-0.25, -0.2) is 4.98 Å². The SMILES string of the molecule is OBOc1ccc2c(c1)nc(-c1ccccc1)n2-c1ccccc1. The quantitative estimate of drug-likeness (QED) is 0.588. The molecule has 1 N–H and O–H groups in total. The monoisotopic (exact) mass is 314 g/mol. The van der Waals surface area contributed by atoms with Gasteiger partial charge in [-0.15, -0.1) is 0 Å². The molecule has 0 bridgehead atoms. The fraction of sp³-hybridized carbons (Fsp3) is 0. The molecule has 0 aliphatic heterocycles. The Labute approximate surface area is 140 Å². The van der Waals surface area contributed by atoms with Gasteiger partial charge in [0.25, 0.3) is 0 Å². The molecule has 5 heteroatoms. The van der Waals surface area contributed by atoms with Gasteiger partial charge in [-0.3, -0.25) is 4.57 Å². The highest BCUT2D eigenvalue weighted by Gasteiger charge is 2.14. The molecule has 0 fully saturated rings. The lowest BCUT2D eigenvalue weighted by Gasteiger charge is -2.09. The van der Waals surface area contributed by atoms with Crippen LogP contribution in [0.25, 0.3) is 28.1 Å². The molecule has 0 radical (unpaired) electrons. The van der Waals surface area contributed by atoms with Gasteiger partial charge in [-0.05, 0) is 24.3 Å². The van der Waals surface area contributed by atoms with E-state index in [1.807, 2.05) is 66.7 Å². The lowest BCUT2D eigenvalue weighted by atomic mass is 10.2. The highest BCUT2D eigenvalue weighted by molar-refractivity contribution is 6.17. The van der Waals surface area contributed by atoms with Crippen LogP contribution in [0.2, 0.25) is 0 Å². The van der Waals surface area contributed by atoms with Crippen LogP contribution in [0.4, 0.5) is 0 Å². The molecule has 1 aromatic heterocycles. The molecule has 0 aliphatic carbocycles. The van der Waals surface area contributed by atoms with Crippen molar-refractivity contribution in [1.82, 2.24) is 9.55 Å². The second-order valence-corrected chi connectivity index (χ2v) is 5.40. The number of hydrogen-bond donors (Lipinski definition) is 1. The van der Waals surface area contributed by atoms with Crippen molar-refractivity contribution >= 4 is 18.7 Å². The van der Waals surface area contributed by atoms with E-state index in [-0.39, 0.29) is 7.69 Å². The Morgan fingerprint density at radius 1 is 0.875 bits per heavy atom. The highest BCUT2D eigenvalue weighted by Crippen LogP contribution is 2.30. The third-order valence-electron chi connectivity index (χ3n) is 3.90. The van der Waals surface area contributed by atoms with Crippen LogP contribution in [0.1, 0.15) is 0 Å². The Hall–Kier alpha value is -3.05. The molecule has 4 aromatic rings. The molecule has 0 aliphatic rings. The summed E-state index contributed by atoms with van der Waals surface area (Å²) in [6.45, 7) is 0. The molecule has 0 saturated carbocycles. The zero-order valence-electron chi connectivity index (χ0n) is 13.0. The molecule has 3 aromatic carbocycles. The van der Waals surface area contributed by atoms with Gasteiger partial charge in [0.15, 0.2) is 0 Å². The number of para-hydroxylation sites is 1. The maximum atomic E-state index is 8.96. The summed E-state index contributed by atoms with van der Waals surface area (Å²) in [6.07, 6.45) is 0. The number of nitrogens with zero attached hydrogens (tertiary/aromatic N) is 2. The van der Waals surface area contributed by atoms with Crippen LogP contribution in [-0.4, -0.2) is 22.3 Å². The summed E-state index contributed by atoms with van der Waals surface area (Å²) in [5.41, 5.74) is 3.91. The molecule has 4 rings (SSSR count). The number of fused-ring (bicyclic) bond motifs is 1. The van der Waals surface area contributed by atoms with Crippen LogP contribution in [0, 0.1) is 0 Å². The maximum absolute atomic E-state index is 8.96. The number of aromatic nitrogens is 2. The molecule has 0 atom stereocenters. The fourth-order valence-electron chi connectivity index (χ4n) is 2.84. The minimum Gasteiger partial charge on any atom is -0.539 e. The van der Waals surface area contributed by atoms with E-state index in [0.717, 1.165) is 28.1 Å². The van der Waals surface area contributed by atoms with Crippen LogP contribution in [0.3, 0.4) is 0 Å². The number of hydrogen-bond acceptors (Lipinski definition) is 3. The Kier molecular flexibility index (Phi) is 3.77. The summed E-state index contributed by atoms with van der Waals surface area (Å²) < 4.78 is 7.31. The van der Waals surface area contributed by atoms with E-state index in [1.165, 1.54) is 0 Å². The van der Waals surface area contributed by atoms with E-state index >= 15 is 0 Å². The van der Waals surface area contributed by atoms with Crippen molar-refractivity contribution < 1.29 is 9.68 Å². The average molecular weight is 314 g/mol. The van der Waals surface area contributed by atoms with E-state index < -0.39 is 0 Å². The first kappa shape index (κ1) is 14.5. The molecule has 1 heterocycles. The third kappa shape index (κ3) is 2.55. The molecule has 4 nitrogen and oxygen atoms in total. The van der Waals surface area contributed by atoms with Crippen LogP contribution in [0.5, 0.6) is 5.75 Å². The van der Waals surface area contributed by atoms with E-state index in [1.54, 1.807) is 0 Å². The molecule has 0 amide bonds. The van der Waals surface area contributed by atoms with Crippen molar-refractivity contribution in [2.24, 2.45) is 0 Å². The van der Waals surface area contributed by atoms with E-state index in [0.29, 0.717) is 5.75 Å². The van der Waals surface area contributed by atoms with Crippen molar-refractivity contribution in [3.8, 4) is 22.8 Å². The summed E-state index contributed by atoms with van der Waals surface area (Å²) in [6, 6.07) is 25.9. The molecule has 0 unspecified atom stereocenters. The van der Waals surface area contributed by atoms with Gasteiger partial charge in [-0.1, -0.05) is 48.5 Å². The Balaban J connectivity index is 1.99. The molecule has 0 saturated heterocycles. The van der Waals surface area contributed by atoms with Gasteiger partial charge in [-0.2, -0.15) is 0 Å². The van der Waals surface area contributed by atoms with Gasteiger partial charge in [0.2, 0.25) is 0 Å². The van der Waals surface area contributed by atoms with Gasteiger partial charge >= 0.3 is 7.69 Å². The number of imidazole rings is 1. The van der Waals surface area contributed by atoms with Crippen LogP contribution in [-0.2, 0) is 0 Å². The molecular weight excluding hydrogens is 299 g/mol. The predicted molar refractivity (Wildman–Crippen MR) is 96.5 cm³/mol. The van der Waals surface area contributed by atoms with Crippen LogP contribution < -0.4 is 4.65 Å². The largest absolute Gasteiger partial charge is 0.539 e. The number of rotatable bonds is 4. The molecule has 24 heavy (non-hydrogen) atoms. The minimum absolute atomic E-state index is 0.351. The standard InChI is InChI=1S/C19H15BN2O2/c23-20-24-16-11-12-18-17(13-16)21-19(14-7-3-1-4-8-14)22(18)15-9-5-2-6-10-15/h1-13,20,23H. The van der Waals surface area contributed by atoms with Crippen molar-refractivity contribution in [1.29, 1.82) is 0 Å². The lowest BCUT2D eigenvalue weighted by Crippen LogP contribution is -1.99. The summed E-state index contributed by atoms with van der Waals surface area (Å²) in [4.78, 5) is 4.80. The second kappa shape index (κ2) is 6.22. The van der Waals surface area contributed by atoms with Gasteiger partial charge < -0.3 is 9.68 Å². The first-order chi connectivity index (χ1) is 11.9. The van der Waals surface area contributed by atoms with Crippen molar-refractivity contribution in [3.63, 3.8) is 0 Å². The smallest absolute Gasteiger partial charge is 0.504 e. The molecule has 116 valence electrons. The Bertz CT molecular complexity index is 969. The van der Waals surface area contributed by atoms with E-state index in [4.69, 9.17) is 14.7 Å². The van der Waals surface area contributed by atoms with Crippen molar-refractivity contribution in [2.75, 3.05) is 0 Å². The highest BCUT2D eigenvalue weighted by atomic mass is 16.5. The summed E-state index contributed by atoms with van der Waals surface area (Å²) in [5, 5.41) is 8.96. The normalized spacial score (nSPS) is 10.7. The second-order valence-electron chi connectivity index (χ2n) is 5.40. The van der Waals surface area contributed by atoms with Gasteiger partial charge in [0.1, 0.15) is 11.6 Å². The van der Waals surface area contributed by atoms with E-state index in [2.05, 4.69) is 16.7 Å². The molecule has 0 spiro atoms. The third-order valence-corrected chi connectivity index (χ3v) is 3.90. The lowest BCUT2D eigenvalue weighted by molar-refractivity contribution is 0.454. The first-order valence-electron chi connectivity index (χ1n) is 7.74. The van der Waals surface area contributed by atoms with Gasteiger partial charge in [0.05, 0.1) is 11.0 Å². The fourth-order valence-corrected chi connectivity index (χ4v) is 2.84. The van der Waals surface area contributed by atoms with Crippen LogP contribution >= 0.6 is 0 Å². The Morgan fingerprint density at radius 3 is 2.29 bits per heavy atom. The molecular formula is C19H15BN2O2. The van der Waals surface area contributed by atoms with Crippen LogP contribution in [0.15, 0.2) is 78.9 Å². The predicted octanol–water partition coefficient (Wildman–Crippen LogP) is 3.33. The maximum Gasteiger partial charge on any atom is 0.504 e. The minimum atomic E-state index is -0.351. The average Bonchev–Trinajstić information content (AvgIpc) is 3.02. The summed E-state index contributed by atoms with van der Waals surface area (Å²) in [5.74, 6) is 1.47. The zero-order chi connectivity index (χ0) is 16.4. The van der Waals surface area contributed by atoms with Crippen molar-refractivity contribution in [2.45, 2.75) is 0 Å². The zero-order valence-corrected chi connectivity index (χ0v) is 13.0. The number of benzene rings is 3. The Morgan fingerprint density at radius 2 is 1.58 bits per heavy atom. The first-order valence-corrected chi connectivity index (χ1v) is 7.74. The summed E-state index contributed by atoms with van der Waals surface area (Å²) >= 11 is 0. The topological polar surface area (TPSA) is 47.3 Å². The van der Waals surface area contributed by atoms with Crippen molar-refractivity contribution in [3.05, 3.63) is 78.9 Å². The van der Waals surface area contributed by atoms with Gasteiger partial charge in [0, 0.05) is 17.3 Å².